The minimum atomic E-state index is 0.0452. The first kappa shape index (κ1) is 24.8. The van der Waals surface area contributed by atoms with Crippen molar-refractivity contribution in [1.82, 2.24) is 14.8 Å². The maximum atomic E-state index is 13.9. The molecule has 6 heteroatoms. The molecule has 6 nitrogen and oxygen atoms in total. The van der Waals surface area contributed by atoms with E-state index in [1.165, 1.54) is 5.56 Å². The third-order valence-corrected chi connectivity index (χ3v) is 7.10. The smallest absolute Gasteiger partial charge is 0.254 e. The topological polar surface area (TPSA) is 54.9 Å². The van der Waals surface area contributed by atoms with E-state index in [1.807, 2.05) is 54.3 Å². The number of carbonyl (C=O) groups excluding carboxylic acids is 1. The van der Waals surface area contributed by atoms with E-state index in [0.717, 1.165) is 48.1 Å². The monoisotopic (exact) mass is 495 g/mol. The molecule has 1 saturated heterocycles. The summed E-state index contributed by atoms with van der Waals surface area (Å²) in [5.74, 6) is 1.44. The highest BCUT2D eigenvalue weighted by atomic mass is 16.5. The number of pyridine rings is 1. The molecule has 2 heterocycles. The number of piperazine rings is 1. The Labute approximate surface area is 218 Å². The van der Waals surface area contributed by atoms with Crippen molar-refractivity contribution in [3.63, 3.8) is 0 Å². The van der Waals surface area contributed by atoms with Crippen molar-refractivity contribution in [1.29, 1.82) is 0 Å². The van der Waals surface area contributed by atoms with Crippen molar-refractivity contribution in [2.75, 3.05) is 46.9 Å². The summed E-state index contributed by atoms with van der Waals surface area (Å²) in [5, 5.41) is 0.877. The van der Waals surface area contributed by atoms with E-state index in [9.17, 15) is 4.79 Å². The summed E-state index contributed by atoms with van der Waals surface area (Å²) in [6.07, 6.45) is 1.02. The number of fused-ring (bicyclic) bond motifs is 1. The van der Waals surface area contributed by atoms with Crippen molar-refractivity contribution >= 4 is 16.8 Å². The summed E-state index contributed by atoms with van der Waals surface area (Å²) in [4.78, 5) is 23.2. The standard InChI is InChI=1S/C31H33N3O3/c1-22-9-11-28-25(19-22)26(21-29(32-28)27-20-24(36-2)10-12-30(27)37-3)31(35)34-17-15-33(16-18-34)14-13-23-7-5-4-6-8-23/h4-12,19-21H,13-18H2,1-3H3. The summed E-state index contributed by atoms with van der Waals surface area (Å²) < 4.78 is 11.1. The highest BCUT2D eigenvalue weighted by Gasteiger charge is 2.25. The van der Waals surface area contributed by atoms with E-state index >= 15 is 0 Å². The third-order valence-electron chi connectivity index (χ3n) is 7.10. The molecule has 0 aliphatic carbocycles. The average molecular weight is 496 g/mol. The van der Waals surface area contributed by atoms with Gasteiger partial charge in [0.25, 0.3) is 5.91 Å². The van der Waals surface area contributed by atoms with Crippen molar-refractivity contribution in [2.45, 2.75) is 13.3 Å². The number of aryl methyl sites for hydroxylation is 1. The summed E-state index contributed by atoms with van der Waals surface area (Å²) in [6.45, 7) is 6.21. The van der Waals surface area contributed by atoms with E-state index in [0.29, 0.717) is 35.8 Å². The van der Waals surface area contributed by atoms with E-state index in [1.54, 1.807) is 14.2 Å². The Morgan fingerprint density at radius 3 is 2.41 bits per heavy atom. The molecule has 5 rings (SSSR count). The molecule has 3 aromatic carbocycles. The second-order valence-electron chi connectivity index (χ2n) is 9.51. The highest BCUT2D eigenvalue weighted by Crippen LogP contribution is 2.35. The van der Waals surface area contributed by atoms with Crippen LogP contribution in [0.25, 0.3) is 22.2 Å². The van der Waals surface area contributed by atoms with E-state index < -0.39 is 0 Å². The van der Waals surface area contributed by atoms with Gasteiger partial charge in [0.05, 0.1) is 31.0 Å². The fourth-order valence-electron chi connectivity index (χ4n) is 4.95. The zero-order chi connectivity index (χ0) is 25.8. The number of hydrogen-bond acceptors (Lipinski definition) is 5. The van der Waals surface area contributed by atoms with Gasteiger partial charge in [0.15, 0.2) is 0 Å². The summed E-state index contributed by atoms with van der Waals surface area (Å²) in [5.41, 5.74) is 5.39. The molecule has 1 aliphatic heterocycles. The second-order valence-corrected chi connectivity index (χ2v) is 9.51. The van der Waals surface area contributed by atoms with Crippen LogP contribution in [0.1, 0.15) is 21.5 Å². The third kappa shape index (κ3) is 5.44. The van der Waals surface area contributed by atoms with Gasteiger partial charge in [-0.25, -0.2) is 4.98 Å². The van der Waals surface area contributed by atoms with Crippen LogP contribution in [-0.2, 0) is 6.42 Å². The molecular weight excluding hydrogens is 462 g/mol. The molecule has 0 atom stereocenters. The van der Waals surface area contributed by atoms with E-state index in [4.69, 9.17) is 14.5 Å². The Balaban J connectivity index is 1.41. The quantitative estimate of drug-likeness (QED) is 0.352. The average Bonchev–Trinajstić information content (AvgIpc) is 2.95. The van der Waals surface area contributed by atoms with Gasteiger partial charge in [0, 0.05) is 43.7 Å². The molecule has 190 valence electrons. The maximum Gasteiger partial charge on any atom is 0.254 e. The number of nitrogens with zero attached hydrogens (tertiary/aromatic N) is 3. The Morgan fingerprint density at radius 2 is 1.68 bits per heavy atom. The predicted molar refractivity (Wildman–Crippen MR) is 148 cm³/mol. The fraction of sp³-hybridized carbons (Fsp3) is 0.290. The molecular formula is C31H33N3O3. The molecule has 1 fully saturated rings. The lowest BCUT2D eigenvalue weighted by Gasteiger charge is -2.35. The molecule has 37 heavy (non-hydrogen) atoms. The first-order valence-corrected chi connectivity index (χ1v) is 12.7. The van der Waals surface area contributed by atoms with Crippen LogP contribution >= 0.6 is 0 Å². The van der Waals surface area contributed by atoms with Crippen LogP contribution in [0.3, 0.4) is 0 Å². The summed E-state index contributed by atoms with van der Waals surface area (Å²) >= 11 is 0. The van der Waals surface area contributed by atoms with Crippen LogP contribution in [0.5, 0.6) is 11.5 Å². The van der Waals surface area contributed by atoms with Gasteiger partial charge in [0.2, 0.25) is 0 Å². The molecule has 0 spiro atoms. The largest absolute Gasteiger partial charge is 0.497 e. The Bertz CT molecular complexity index is 1400. The summed E-state index contributed by atoms with van der Waals surface area (Å²) in [7, 11) is 3.27. The Kier molecular flexibility index (Phi) is 7.37. The predicted octanol–water partition coefficient (Wildman–Crippen LogP) is 5.23. The van der Waals surface area contributed by atoms with Crippen molar-refractivity contribution in [3.8, 4) is 22.8 Å². The first-order chi connectivity index (χ1) is 18.1. The summed E-state index contributed by atoms with van der Waals surface area (Å²) in [6, 6.07) is 24.2. The zero-order valence-corrected chi connectivity index (χ0v) is 21.7. The highest BCUT2D eigenvalue weighted by molar-refractivity contribution is 6.07. The van der Waals surface area contributed by atoms with Crippen LogP contribution in [0.4, 0.5) is 0 Å². The van der Waals surface area contributed by atoms with E-state index in [-0.39, 0.29) is 5.91 Å². The number of hydrogen-bond donors (Lipinski definition) is 0. The lowest BCUT2D eigenvalue weighted by Crippen LogP contribution is -2.49. The van der Waals surface area contributed by atoms with Gasteiger partial charge < -0.3 is 14.4 Å². The molecule has 0 N–H and O–H groups in total. The van der Waals surface area contributed by atoms with Gasteiger partial charge in [-0.1, -0.05) is 42.0 Å². The van der Waals surface area contributed by atoms with Gasteiger partial charge >= 0.3 is 0 Å². The van der Waals surface area contributed by atoms with Crippen LogP contribution in [0, 0.1) is 6.92 Å². The van der Waals surface area contributed by atoms with Gasteiger partial charge in [-0.2, -0.15) is 0 Å². The molecule has 1 aliphatic rings. The lowest BCUT2D eigenvalue weighted by atomic mass is 10.0. The minimum Gasteiger partial charge on any atom is -0.497 e. The number of aromatic nitrogens is 1. The van der Waals surface area contributed by atoms with Crippen LogP contribution in [-0.4, -0.2) is 67.6 Å². The second kappa shape index (κ2) is 11.0. The number of carbonyl (C=O) groups is 1. The molecule has 0 saturated carbocycles. The van der Waals surface area contributed by atoms with Gasteiger partial charge in [-0.3, -0.25) is 9.69 Å². The number of methoxy groups -OCH3 is 2. The fourth-order valence-corrected chi connectivity index (χ4v) is 4.95. The van der Waals surface area contributed by atoms with Crippen molar-refractivity contribution in [2.24, 2.45) is 0 Å². The molecule has 4 aromatic rings. The molecule has 0 bridgehead atoms. The van der Waals surface area contributed by atoms with Gasteiger partial charge in [-0.15, -0.1) is 0 Å². The van der Waals surface area contributed by atoms with Gasteiger partial charge in [-0.05, 0) is 55.3 Å². The Morgan fingerprint density at radius 1 is 0.892 bits per heavy atom. The van der Waals surface area contributed by atoms with Gasteiger partial charge in [0.1, 0.15) is 11.5 Å². The SMILES string of the molecule is COc1ccc(OC)c(-c2cc(C(=O)N3CCN(CCc4ccccc4)CC3)c3cc(C)ccc3n2)c1. The molecule has 1 aromatic heterocycles. The number of rotatable bonds is 7. The lowest BCUT2D eigenvalue weighted by molar-refractivity contribution is 0.0640. The first-order valence-electron chi connectivity index (χ1n) is 12.7. The van der Waals surface area contributed by atoms with E-state index in [2.05, 4.69) is 35.2 Å². The zero-order valence-electron chi connectivity index (χ0n) is 21.7. The van der Waals surface area contributed by atoms with Crippen molar-refractivity contribution in [3.05, 3.63) is 89.5 Å². The molecule has 0 radical (unpaired) electrons. The van der Waals surface area contributed by atoms with Crippen LogP contribution in [0.2, 0.25) is 0 Å². The van der Waals surface area contributed by atoms with Crippen molar-refractivity contribution < 1.29 is 14.3 Å². The molecule has 1 amide bonds. The van der Waals surface area contributed by atoms with Crippen LogP contribution in [0.15, 0.2) is 72.8 Å². The number of ether oxygens (including phenoxy) is 2. The van der Waals surface area contributed by atoms with Crippen LogP contribution < -0.4 is 9.47 Å². The maximum absolute atomic E-state index is 13.9. The normalized spacial score (nSPS) is 14.1. The Hall–Kier alpha value is -3.90. The minimum absolute atomic E-state index is 0.0452. The number of benzene rings is 3. The number of amides is 1. The molecule has 0 unspecified atom stereocenters.